The van der Waals surface area contributed by atoms with E-state index in [1.807, 2.05) is 48.5 Å². The molecule has 1 atom stereocenters. The number of nitrogens with zero attached hydrogens (tertiary/aromatic N) is 2. The molecule has 0 aliphatic carbocycles. The summed E-state index contributed by atoms with van der Waals surface area (Å²) in [7, 11) is 0. The first kappa shape index (κ1) is 17.4. The van der Waals surface area contributed by atoms with E-state index >= 15 is 0 Å². The molecule has 2 heterocycles. The third-order valence-electron chi connectivity index (χ3n) is 4.52. The van der Waals surface area contributed by atoms with Gasteiger partial charge in [0.05, 0.1) is 29.0 Å². The highest BCUT2D eigenvalue weighted by Gasteiger charge is 2.16. The lowest BCUT2D eigenvalue weighted by atomic mass is 10.1. The van der Waals surface area contributed by atoms with Crippen LogP contribution in [0.15, 0.2) is 54.7 Å². The quantitative estimate of drug-likeness (QED) is 0.729. The average Bonchev–Trinajstić information content (AvgIpc) is 3.24. The second-order valence-corrected chi connectivity index (χ2v) is 6.50. The van der Waals surface area contributed by atoms with E-state index < -0.39 is 0 Å². The number of carbonyl (C=O) groups excluding carboxylic acids is 1. The summed E-state index contributed by atoms with van der Waals surface area (Å²) in [6.45, 7) is 1.31. The fraction of sp³-hybridized carbons (Fsp3) is 0.286. The summed E-state index contributed by atoms with van der Waals surface area (Å²) in [5.41, 5.74) is 3.48. The Hall–Kier alpha value is -2.99. The van der Waals surface area contributed by atoms with E-state index in [-0.39, 0.29) is 18.6 Å². The van der Waals surface area contributed by atoms with Gasteiger partial charge >= 0.3 is 0 Å². The molecule has 3 aromatic rings. The van der Waals surface area contributed by atoms with Gasteiger partial charge in [-0.2, -0.15) is 0 Å². The van der Waals surface area contributed by atoms with Crippen molar-refractivity contribution in [3.05, 3.63) is 54.7 Å². The topological polar surface area (TPSA) is 73.3 Å². The number of ether oxygens (including phenoxy) is 2. The van der Waals surface area contributed by atoms with Crippen molar-refractivity contribution in [1.29, 1.82) is 0 Å². The lowest BCUT2D eigenvalue weighted by Gasteiger charge is -2.11. The average molecular weight is 363 g/mol. The van der Waals surface area contributed by atoms with Crippen molar-refractivity contribution in [2.75, 3.05) is 19.8 Å². The van der Waals surface area contributed by atoms with E-state index in [0.29, 0.717) is 12.3 Å². The van der Waals surface area contributed by atoms with E-state index in [2.05, 4.69) is 15.3 Å². The van der Waals surface area contributed by atoms with Gasteiger partial charge in [-0.1, -0.05) is 12.1 Å². The van der Waals surface area contributed by atoms with Crippen molar-refractivity contribution in [2.45, 2.75) is 18.9 Å². The summed E-state index contributed by atoms with van der Waals surface area (Å²) in [4.78, 5) is 20.9. The van der Waals surface area contributed by atoms with Crippen LogP contribution in [0.25, 0.3) is 22.3 Å². The van der Waals surface area contributed by atoms with Crippen molar-refractivity contribution in [3.8, 4) is 17.0 Å². The van der Waals surface area contributed by atoms with E-state index in [9.17, 15) is 4.79 Å². The first-order valence-corrected chi connectivity index (χ1v) is 9.11. The zero-order valence-corrected chi connectivity index (χ0v) is 14.9. The number of hydrogen-bond acceptors (Lipinski definition) is 5. The second-order valence-electron chi connectivity index (χ2n) is 6.50. The second kappa shape index (κ2) is 8.14. The predicted molar refractivity (Wildman–Crippen MR) is 102 cm³/mol. The molecule has 6 heteroatoms. The minimum absolute atomic E-state index is 0.0121. The van der Waals surface area contributed by atoms with Crippen molar-refractivity contribution in [2.24, 2.45) is 0 Å². The van der Waals surface area contributed by atoms with Crippen LogP contribution in [-0.2, 0) is 9.53 Å². The van der Waals surface area contributed by atoms with Crippen LogP contribution in [0, 0.1) is 0 Å². The Morgan fingerprint density at radius 1 is 1.15 bits per heavy atom. The summed E-state index contributed by atoms with van der Waals surface area (Å²) in [6, 6.07) is 15.3. The Morgan fingerprint density at radius 2 is 1.96 bits per heavy atom. The number of benzene rings is 2. The molecule has 1 amide bonds. The molecule has 1 N–H and O–H groups in total. The number of para-hydroxylation sites is 2. The highest BCUT2D eigenvalue weighted by molar-refractivity contribution is 5.78. The monoisotopic (exact) mass is 363 g/mol. The molecule has 0 bridgehead atoms. The predicted octanol–water partition coefficient (Wildman–Crippen LogP) is 2.97. The third kappa shape index (κ3) is 4.41. The maximum Gasteiger partial charge on any atom is 0.258 e. The molecule has 0 spiro atoms. The van der Waals surface area contributed by atoms with Gasteiger partial charge in [-0.25, -0.2) is 4.98 Å². The maximum atomic E-state index is 11.9. The smallest absolute Gasteiger partial charge is 0.258 e. The van der Waals surface area contributed by atoms with E-state index in [1.165, 1.54) is 0 Å². The van der Waals surface area contributed by atoms with Crippen LogP contribution in [0.2, 0.25) is 0 Å². The molecule has 1 aromatic heterocycles. The number of amides is 1. The largest absolute Gasteiger partial charge is 0.484 e. The number of nitrogens with one attached hydrogen (secondary N) is 1. The molecule has 0 saturated carbocycles. The van der Waals surface area contributed by atoms with Crippen molar-refractivity contribution >= 4 is 16.9 Å². The number of fused-ring (bicyclic) bond motifs is 1. The first-order chi connectivity index (χ1) is 13.3. The van der Waals surface area contributed by atoms with E-state index in [1.54, 1.807) is 6.20 Å². The zero-order chi connectivity index (χ0) is 18.5. The lowest BCUT2D eigenvalue weighted by molar-refractivity contribution is -0.123. The van der Waals surface area contributed by atoms with Crippen LogP contribution in [0.1, 0.15) is 12.8 Å². The molecule has 0 unspecified atom stereocenters. The minimum atomic E-state index is -0.144. The van der Waals surface area contributed by atoms with Crippen LogP contribution in [0.3, 0.4) is 0 Å². The molecule has 2 aromatic carbocycles. The Kier molecular flexibility index (Phi) is 5.25. The summed E-state index contributed by atoms with van der Waals surface area (Å²) in [5, 5.41) is 2.84. The van der Waals surface area contributed by atoms with Gasteiger partial charge < -0.3 is 14.8 Å². The van der Waals surface area contributed by atoms with Crippen LogP contribution in [0.4, 0.5) is 0 Å². The van der Waals surface area contributed by atoms with Gasteiger partial charge in [0.15, 0.2) is 6.61 Å². The Bertz CT molecular complexity index is 921. The highest BCUT2D eigenvalue weighted by Crippen LogP contribution is 2.22. The Morgan fingerprint density at radius 3 is 2.74 bits per heavy atom. The SMILES string of the molecule is O=C(COc1ccc(-c2cnc3ccccc3n2)cc1)NC[C@H]1CCCO1. The standard InChI is InChI=1S/C21H21N3O3/c25-21(23-12-17-4-3-11-26-17)14-27-16-9-7-15(8-10-16)20-13-22-18-5-1-2-6-19(18)24-20/h1-2,5-10,13,17H,3-4,11-12,14H2,(H,23,25)/t17-/m1/s1. The molecule has 1 saturated heterocycles. The van der Waals surface area contributed by atoms with Gasteiger partial charge in [0, 0.05) is 18.7 Å². The summed E-state index contributed by atoms with van der Waals surface area (Å²) in [5.74, 6) is 0.495. The van der Waals surface area contributed by atoms with Gasteiger partial charge in [-0.15, -0.1) is 0 Å². The number of carbonyl (C=O) groups is 1. The molecule has 1 aliphatic heterocycles. The molecule has 1 aliphatic rings. The highest BCUT2D eigenvalue weighted by atomic mass is 16.5. The molecule has 6 nitrogen and oxygen atoms in total. The van der Waals surface area contributed by atoms with Crippen molar-refractivity contribution < 1.29 is 14.3 Å². The van der Waals surface area contributed by atoms with Crippen LogP contribution in [0.5, 0.6) is 5.75 Å². The van der Waals surface area contributed by atoms with E-state index in [0.717, 1.165) is 41.7 Å². The molecular weight excluding hydrogens is 342 g/mol. The van der Waals surface area contributed by atoms with Crippen LogP contribution >= 0.6 is 0 Å². The van der Waals surface area contributed by atoms with Crippen molar-refractivity contribution in [1.82, 2.24) is 15.3 Å². The van der Waals surface area contributed by atoms with Gasteiger partial charge in [0.2, 0.25) is 0 Å². The number of aromatic nitrogens is 2. The van der Waals surface area contributed by atoms with Gasteiger partial charge in [0.1, 0.15) is 5.75 Å². The number of hydrogen-bond donors (Lipinski definition) is 1. The molecule has 0 radical (unpaired) electrons. The fourth-order valence-corrected chi connectivity index (χ4v) is 3.05. The molecular formula is C21H21N3O3. The van der Waals surface area contributed by atoms with Crippen LogP contribution < -0.4 is 10.1 Å². The summed E-state index contributed by atoms with van der Waals surface area (Å²) in [6.07, 6.45) is 3.96. The lowest BCUT2D eigenvalue weighted by Crippen LogP contribution is -2.35. The number of rotatable bonds is 6. The zero-order valence-electron chi connectivity index (χ0n) is 14.9. The molecule has 138 valence electrons. The molecule has 1 fully saturated rings. The minimum Gasteiger partial charge on any atom is -0.484 e. The van der Waals surface area contributed by atoms with Gasteiger partial charge in [-0.05, 0) is 49.2 Å². The Balaban J connectivity index is 1.33. The summed E-state index contributed by atoms with van der Waals surface area (Å²) < 4.78 is 11.0. The third-order valence-corrected chi connectivity index (χ3v) is 4.52. The molecule has 4 rings (SSSR count). The maximum absolute atomic E-state index is 11.9. The Labute approximate surface area is 157 Å². The first-order valence-electron chi connectivity index (χ1n) is 9.11. The van der Waals surface area contributed by atoms with E-state index in [4.69, 9.17) is 9.47 Å². The summed E-state index contributed by atoms with van der Waals surface area (Å²) >= 11 is 0. The fourth-order valence-electron chi connectivity index (χ4n) is 3.05. The van der Waals surface area contributed by atoms with Gasteiger partial charge in [-0.3, -0.25) is 9.78 Å². The van der Waals surface area contributed by atoms with Crippen LogP contribution in [-0.4, -0.2) is 41.7 Å². The molecule has 27 heavy (non-hydrogen) atoms. The van der Waals surface area contributed by atoms with Gasteiger partial charge in [0.25, 0.3) is 5.91 Å². The van der Waals surface area contributed by atoms with Crippen molar-refractivity contribution in [3.63, 3.8) is 0 Å². The normalized spacial score (nSPS) is 16.4.